The Balaban J connectivity index is 1.34. The lowest BCUT2D eigenvalue weighted by atomic mass is 10.1. The maximum Gasteiger partial charge on any atom is 0.145 e. The van der Waals surface area contributed by atoms with Crippen LogP contribution >= 0.6 is 11.6 Å². The van der Waals surface area contributed by atoms with Crippen LogP contribution in [0.2, 0.25) is 5.02 Å². The summed E-state index contributed by atoms with van der Waals surface area (Å²) in [6.07, 6.45) is 5.28. The van der Waals surface area contributed by atoms with Gasteiger partial charge in [-0.15, -0.1) is 0 Å². The number of nitrogens with zero attached hydrogens (tertiary/aromatic N) is 4. The van der Waals surface area contributed by atoms with Crippen LogP contribution in [0, 0.1) is 5.82 Å². The maximum atomic E-state index is 13.7. The van der Waals surface area contributed by atoms with Gasteiger partial charge in [0.25, 0.3) is 0 Å². The Morgan fingerprint density at radius 3 is 2.82 bits per heavy atom. The first-order valence-corrected chi connectivity index (χ1v) is 13.7. The second kappa shape index (κ2) is 12.9. The van der Waals surface area contributed by atoms with E-state index in [0.717, 1.165) is 57.4 Å². The van der Waals surface area contributed by atoms with Gasteiger partial charge in [-0.2, -0.15) is 0 Å². The average molecular weight is 544 g/mol. The number of benzene rings is 2. The number of hydrogen-bond donors (Lipinski definition) is 1. The predicted octanol–water partition coefficient (Wildman–Crippen LogP) is 5.13. The Kier molecular flexibility index (Phi) is 9.11. The number of nitrogens with one attached hydrogen (secondary N) is 1. The molecule has 0 unspecified atom stereocenters. The highest BCUT2D eigenvalue weighted by Gasteiger charge is 2.20. The molecule has 3 aromatic rings. The number of likely N-dealkylation sites (N-methyl/N-ethyl adjacent to an activating group) is 1. The SMILES string of the molecule is CN1CCCN(CCCOc2cc(OC3CCOCC3)c3c(Nc4ccc(F)c(Cl)c4)ncnc3c2)CC1. The summed E-state index contributed by atoms with van der Waals surface area (Å²) >= 11 is 6.00. The van der Waals surface area contributed by atoms with Crippen molar-refractivity contribution in [3.05, 3.63) is 47.5 Å². The third-order valence-corrected chi connectivity index (χ3v) is 7.31. The molecular formula is C28H35ClFN5O3. The molecule has 0 radical (unpaired) electrons. The van der Waals surface area contributed by atoms with Crippen LogP contribution in [-0.2, 0) is 4.74 Å². The molecule has 204 valence electrons. The normalized spacial score (nSPS) is 17.9. The second-order valence-electron chi connectivity index (χ2n) is 9.92. The van der Waals surface area contributed by atoms with Gasteiger partial charge in [0.15, 0.2) is 0 Å². The fourth-order valence-electron chi connectivity index (χ4n) is 4.89. The van der Waals surface area contributed by atoms with Crippen LogP contribution in [0.25, 0.3) is 10.9 Å². The molecule has 0 aliphatic carbocycles. The molecule has 2 aromatic carbocycles. The predicted molar refractivity (Wildman–Crippen MR) is 147 cm³/mol. The van der Waals surface area contributed by atoms with Gasteiger partial charge in [-0.05, 0) is 51.2 Å². The molecule has 2 fully saturated rings. The lowest BCUT2D eigenvalue weighted by molar-refractivity contribution is 0.0261. The number of anilines is 2. The quantitative estimate of drug-likeness (QED) is 0.372. The van der Waals surface area contributed by atoms with Crippen LogP contribution in [0.4, 0.5) is 15.9 Å². The van der Waals surface area contributed by atoms with Gasteiger partial charge in [0.1, 0.15) is 35.6 Å². The van der Waals surface area contributed by atoms with E-state index in [1.165, 1.54) is 24.9 Å². The van der Waals surface area contributed by atoms with Gasteiger partial charge in [0.2, 0.25) is 0 Å². The zero-order valence-electron chi connectivity index (χ0n) is 21.8. The van der Waals surface area contributed by atoms with E-state index in [2.05, 4.69) is 32.1 Å². The lowest BCUT2D eigenvalue weighted by Crippen LogP contribution is -2.30. The van der Waals surface area contributed by atoms with Gasteiger partial charge in [-0.25, -0.2) is 14.4 Å². The van der Waals surface area contributed by atoms with Crippen molar-refractivity contribution in [2.45, 2.75) is 31.8 Å². The van der Waals surface area contributed by atoms with Crippen LogP contribution in [0.15, 0.2) is 36.7 Å². The number of halogens is 2. The summed E-state index contributed by atoms with van der Waals surface area (Å²) < 4.78 is 31.9. The van der Waals surface area contributed by atoms with Crippen molar-refractivity contribution in [1.29, 1.82) is 0 Å². The number of fused-ring (bicyclic) bond motifs is 1. The molecule has 0 spiro atoms. The summed E-state index contributed by atoms with van der Waals surface area (Å²) in [6, 6.07) is 8.31. The van der Waals surface area contributed by atoms with Crippen molar-refractivity contribution in [3.8, 4) is 11.5 Å². The van der Waals surface area contributed by atoms with Crippen LogP contribution < -0.4 is 14.8 Å². The number of ether oxygens (including phenoxy) is 3. The third kappa shape index (κ3) is 7.02. The Labute approximate surface area is 228 Å². The van der Waals surface area contributed by atoms with Crippen molar-refractivity contribution >= 4 is 34.0 Å². The first kappa shape index (κ1) is 26.9. The molecule has 38 heavy (non-hydrogen) atoms. The molecule has 2 aliphatic rings. The number of hydrogen-bond acceptors (Lipinski definition) is 8. The summed E-state index contributed by atoms with van der Waals surface area (Å²) in [5.74, 6) is 1.44. The molecular weight excluding hydrogens is 509 g/mol. The van der Waals surface area contributed by atoms with E-state index in [4.69, 9.17) is 25.8 Å². The van der Waals surface area contributed by atoms with Crippen molar-refractivity contribution in [2.75, 3.05) is 64.9 Å². The molecule has 0 bridgehead atoms. The van der Waals surface area contributed by atoms with E-state index >= 15 is 0 Å². The maximum absolute atomic E-state index is 13.7. The highest BCUT2D eigenvalue weighted by molar-refractivity contribution is 6.31. The minimum absolute atomic E-state index is 0.0247. The molecule has 0 atom stereocenters. The monoisotopic (exact) mass is 543 g/mol. The van der Waals surface area contributed by atoms with Gasteiger partial charge < -0.3 is 29.3 Å². The third-order valence-electron chi connectivity index (χ3n) is 7.02. The smallest absolute Gasteiger partial charge is 0.145 e. The number of rotatable bonds is 9. The zero-order chi connectivity index (χ0) is 26.3. The van der Waals surface area contributed by atoms with Crippen molar-refractivity contribution in [3.63, 3.8) is 0 Å². The minimum Gasteiger partial charge on any atom is -0.493 e. The Morgan fingerprint density at radius 2 is 1.97 bits per heavy atom. The molecule has 0 amide bonds. The van der Waals surface area contributed by atoms with Gasteiger partial charge in [0.05, 0.1) is 35.7 Å². The molecule has 3 heterocycles. The summed E-state index contributed by atoms with van der Waals surface area (Å²) in [5.41, 5.74) is 1.32. The number of aromatic nitrogens is 2. The van der Waals surface area contributed by atoms with Gasteiger partial charge in [-0.3, -0.25) is 0 Å². The summed E-state index contributed by atoms with van der Waals surface area (Å²) in [5, 5.41) is 4.03. The van der Waals surface area contributed by atoms with E-state index in [9.17, 15) is 4.39 Å². The van der Waals surface area contributed by atoms with Crippen molar-refractivity contribution in [2.24, 2.45) is 0 Å². The first-order valence-electron chi connectivity index (χ1n) is 13.3. The van der Waals surface area contributed by atoms with Crippen LogP contribution in [0.3, 0.4) is 0 Å². The highest BCUT2D eigenvalue weighted by atomic mass is 35.5. The fraction of sp³-hybridized carbons (Fsp3) is 0.500. The molecule has 1 N–H and O–H groups in total. The lowest BCUT2D eigenvalue weighted by Gasteiger charge is -2.25. The molecule has 10 heteroatoms. The molecule has 5 rings (SSSR count). The summed E-state index contributed by atoms with van der Waals surface area (Å²) in [4.78, 5) is 13.9. The summed E-state index contributed by atoms with van der Waals surface area (Å²) in [7, 11) is 2.19. The van der Waals surface area contributed by atoms with E-state index in [0.29, 0.717) is 48.3 Å². The Morgan fingerprint density at radius 1 is 1.11 bits per heavy atom. The van der Waals surface area contributed by atoms with Gasteiger partial charge >= 0.3 is 0 Å². The molecule has 8 nitrogen and oxygen atoms in total. The Hall–Kier alpha value is -2.72. The van der Waals surface area contributed by atoms with Crippen molar-refractivity contribution < 1.29 is 18.6 Å². The van der Waals surface area contributed by atoms with Crippen LogP contribution in [-0.4, -0.2) is 85.5 Å². The van der Waals surface area contributed by atoms with Gasteiger partial charge in [-0.1, -0.05) is 11.6 Å². The fourth-order valence-corrected chi connectivity index (χ4v) is 5.07. The van der Waals surface area contributed by atoms with E-state index in [1.54, 1.807) is 6.07 Å². The van der Waals surface area contributed by atoms with Crippen LogP contribution in [0.1, 0.15) is 25.7 Å². The highest BCUT2D eigenvalue weighted by Crippen LogP contribution is 2.37. The first-order chi connectivity index (χ1) is 18.5. The zero-order valence-corrected chi connectivity index (χ0v) is 22.6. The molecule has 2 aliphatic heterocycles. The molecule has 2 saturated heterocycles. The largest absolute Gasteiger partial charge is 0.493 e. The Bertz CT molecular complexity index is 1230. The summed E-state index contributed by atoms with van der Waals surface area (Å²) in [6.45, 7) is 7.46. The van der Waals surface area contributed by atoms with E-state index in [-0.39, 0.29) is 11.1 Å². The van der Waals surface area contributed by atoms with Gasteiger partial charge in [0, 0.05) is 50.3 Å². The second-order valence-corrected chi connectivity index (χ2v) is 10.3. The van der Waals surface area contributed by atoms with Crippen molar-refractivity contribution in [1.82, 2.24) is 19.8 Å². The standard InChI is InChI=1S/C28H35ClFN5O3/c1-34-8-2-9-35(12-11-34)10-3-13-37-22-17-25-27(26(18-22)38-21-6-14-36-15-7-21)28(32-19-31-25)33-20-4-5-24(30)23(29)16-20/h4-5,16-19,21H,2-3,6-15H2,1H3,(H,31,32,33). The average Bonchev–Trinajstić information content (AvgIpc) is 3.13. The minimum atomic E-state index is -0.474. The van der Waals surface area contributed by atoms with E-state index in [1.807, 2.05) is 12.1 Å². The van der Waals surface area contributed by atoms with E-state index < -0.39 is 5.82 Å². The van der Waals surface area contributed by atoms with Crippen LogP contribution in [0.5, 0.6) is 11.5 Å². The molecule has 1 aromatic heterocycles. The molecule has 0 saturated carbocycles. The topological polar surface area (TPSA) is 72.0 Å².